The fourth-order valence-electron chi connectivity index (χ4n) is 3.80. The molecule has 7 nitrogen and oxygen atoms in total. The molecule has 0 aliphatic heterocycles. The van der Waals surface area contributed by atoms with Crippen LogP contribution in [0.4, 0.5) is 0 Å². The minimum atomic E-state index is -0.208. The van der Waals surface area contributed by atoms with Gasteiger partial charge in [0.1, 0.15) is 11.5 Å². The lowest BCUT2D eigenvalue weighted by molar-refractivity contribution is -0.128. The van der Waals surface area contributed by atoms with Gasteiger partial charge >= 0.3 is 0 Å². The molecular weight excluding hydrogens is 384 g/mol. The zero-order valence-corrected chi connectivity index (χ0v) is 18.1. The van der Waals surface area contributed by atoms with Crippen molar-refractivity contribution < 1.29 is 23.5 Å². The van der Waals surface area contributed by atoms with E-state index in [9.17, 15) is 9.59 Å². The van der Waals surface area contributed by atoms with Crippen LogP contribution in [0.1, 0.15) is 50.5 Å². The molecule has 162 valence electrons. The summed E-state index contributed by atoms with van der Waals surface area (Å²) >= 11 is 0. The summed E-state index contributed by atoms with van der Waals surface area (Å²) in [5.41, 5.74) is 1.27. The fraction of sp³-hybridized carbons (Fsp3) is 0.522. The molecule has 3 rings (SSSR count). The first-order valence-electron chi connectivity index (χ1n) is 10.4. The van der Waals surface area contributed by atoms with E-state index in [0.29, 0.717) is 28.8 Å². The minimum Gasteiger partial charge on any atom is -0.493 e. The largest absolute Gasteiger partial charge is 0.493 e. The lowest BCUT2D eigenvalue weighted by Gasteiger charge is -2.26. The monoisotopic (exact) mass is 414 g/mol. The Bertz CT molecular complexity index is 897. The van der Waals surface area contributed by atoms with Gasteiger partial charge in [0.2, 0.25) is 11.8 Å². The summed E-state index contributed by atoms with van der Waals surface area (Å²) in [5.74, 6) is 2.48. The van der Waals surface area contributed by atoms with Crippen LogP contribution >= 0.6 is 0 Å². The van der Waals surface area contributed by atoms with Crippen molar-refractivity contribution in [2.45, 2.75) is 58.4 Å². The number of aromatic nitrogens is 1. The number of oxazole rings is 1. The van der Waals surface area contributed by atoms with E-state index in [1.807, 2.05) is 6.07 Å². The van der Waals surface area contributed by atoms with Crippen molar-refractivity contribution in [3.63, 3.8) is 0 Å². The van der Waals surface area contributed by atoms with Crippen molar-refractivity contribution >= 4 is 11.7 Å². The second-order valence-corrected chi connectivity index (χ2v) is 8.01. The van der Waals surface area contributed by atoms with Crippen LogP contribution in [0.15, 0.2) is 22.6 Å². The number of nitrogens with zero attached hydrogens (tertiary/aromatic N) is 1. The maximum absolute atomic E-state index is 12.4. The Balaban J connectivity index is 1.60. The summed E-state index contributed by atoms with van der Waals surface area (Å²) in [6.07, 6.45) is 4.14. The molecule has 1 aliphatic carbocycles. The number of ether oxygens (including phenoxy) is 2. The van der Waals surface area contributed by atoms with Crippen LogP contribution in [-0.4, -0.2) is 36.9 Å². The van der Waals surface area contributed by atoms with Crippen molar-refractivity contribution in [1.82, 2.24) is 10.3 Å². The van der Waals surface area contributed by atoms with Crippen LogP contribution in [0.25, 0.3) is 11.5 Å². The van der Waals surface area contributed by atoms with Crippen molar-refractivity contribution in [1.29, 1.82) is 0 Å². The van der Waals surface area contributed by atoms with Crippen LogP contribution in [0.5, 0.6) is 11.5 Å². The van der Waals surface area contributed by atoms with E-state index in [1.54, 1.807) is 33.3 Å². The van der Waals surface area contributed by atoms with Crippen molar-refractivity contribution in [2.24, 2.45) is 5.92 Å². The van der Waals surface area contributed by atoms with Gasteiger partial charge in [-0.3, -0.25) is 9.59 Å². The zero-order valence-electron chi connectivity index (χ0n) is 18.1. The molecule has 1 aromatic carbocycles. The first-order valence-corrected chi connectivity index (χ1v) is 10.4. The van der Waals surface area contributed by atoms with Gasteiger partial charge in [0.05, 0.1) is 32.8 Å². The molecule has 1 N–H and O–H groups in total. The number of hydrogen-bond donors (Lipinski definition) is 1. The number of Topliss-reactive ketones (excluding diaryl/α,β-unsaturated/α-hetero) is 1. The van der Waals surface area contributed by atoms with E-state index in [-0.39, 0.29) is 30.6 Å². The molecule has 0 atom stereocenters. The average Bonchev–Trinajstić information content (AvgIpc) is 3.09. The lowest BCUT2D eigenvalue weighted by atomic mass is 9.87. The molecule has 0 unspecified atom stereocenters. The Kier molecular flexibility index (Phi) is 7.13. The second kappa shape index (κ2) is 9.78. The molecular formula is C23H30N2O5. The van der Waals surface area contributed by atoms with E-state index in [1.165, 1.54) is 0 Å². The summed E-state index contributed by atoms with van der Waals surface area (Å²) in [6.45, 7) is 4.00. The number of rotatable bonds is 8. The van der Waals surface area contributed by atoms with Crippen LogP contribution in [0.3, 0.4) is 0 Å². The number of benzene rings is 1. The molecule has 0 saturated heterocycles. The van der Waals surface area contributed by atoms with Gasteiger partial charge in [-0.15, -0.1) is 0 Å². The van der Waals surface area contributed by atoms with Gasteiger partial charge in [-0.1, -0.05) is 6.92 Å². The number of carbonyl (C=O) groups excluding carboxylic acids is 2. The summed E-state index contributed by atoms with van der Waals surface area (Å²) in [7, 11) is 3.13. The van der Waals surface area contributed by atoms with Crippen LogP contribution in [0, 0.1) is 12.8 Å². The van der Waals surface area contributed by atoms with Gasteiger partial charge in [-0.2, -0.15) is 0 Å². The number of amides is 1. The lowest BCUT2D eigenvalue weighted by Crippen LogP contribution is -2.38. The highest BCUT2D eigenvalue weighted by Crippen LogP contribution is 2.32. The Labute approximate surface area is 177 Å². The molecule has 1 fully saturated rings. The Morgan fingerprint density at radius 2 is 1.83 bits per heavy atom. The number of aryl methyl sites for hydroxylation is 1. The molecule has 0 bridgehead atoms. The predicted molar refractivity (Wildman–Crippen MR) is 113 cm³/mol. The summed E-state index contributed by atoms with van der Waals surface area (Å²) in [5, 5.41) is 3.00. The van der Waals surface area contributed by atoms with Crippen LogP contribution < -0.4 is 14.8 Å². The van der Waals surface area contributed by atoms with Crippen molar-refractivity contribution in [3.05, 3.63) is 29.7 Å². The predicted octanol–water partition coefficient (Wildman–Crippen LogP) is 3.86. The highest BCUT2D eigenvalue weighted by Gasteiger charge is 2.22. The third kappa shape index (κ3) is 5.40. The molecule has 0 radical (unpaired) electrons. The van der Waals surface area contributed by atoms with E-state index in [2.05, 4.69) is 17.2 Å². The highest BCUT2D eigenvalue weighted by molar-refractivity contribution is 5.98. The van der Waals surface area contributed by atoms with E-state index in [4.69, 9.17) is 13.9 Å². The molecule has 0 spiro atoms. The van der Waals surface area contributed by atoms with Gasteiger partial charge < -0.3 is 19.2 Å². The first kappa shape index (κ1) is 21.9. The minimum absolute atomic E-state index is 0.0672. The molecule has 1 aliphatic rings. The third-order valence-corrected chi connectivity index (χ3v) is 5.63. The summed E-state index contributed by atoms with van der Waals surface area (Å²) in [4.78, 5) is 29.1. The van der Waals surface area contributed by atoms with E-state index >= 15 is 0 Å². The maximum Gasteiger partial charge on any atom is 0.227 e. The smallest absolute Gasteiger partial charge is 0.227 e. The van der Waals surface area contributed by atoms with Crippen molar-refractivity contribution in [3.8, 4) is 23.0 Å². The van der Waals surface area contributed by atoms with Crippen molar-refractivity contribution in [2.75, 3.05) is 14.2 Å². The SMILES string of the molecule is COc1ccc(-c2nc(CC(=O)CC(=O)NC3CCC(C)CC3)c(C)o2)cc1OC. The molecule has 7 heteroatoms. The van der Waals surface area contributed by atoms with Crippen LogP contribution in [0.2, 0.25) is 0 Å². The van der Waals surface area contributed by atoms with Crippen LogP contribution in [-0.2, 0) is 16.0 Å². The number of carbonyl (C=O) groups is 2. The molecule has 1 aromatic heterocycles. The fourth-order valence-corrected chi connectivity index (χ4v) is 3.80. The Hall–Kier alpha value is -2.83. The maximum atomic E-state index is 12.4. The molecule has 1 saturated carbocycles. The zero-order chi connectivity index (χ0) is 21.7. The summed E-state index contributed by atoms with van der Waals surface area (Å²) in [6, 6.07) is 5.55. The normalized spacial score (nSPS) is 18.7. The quantitative estimate of drug-likeness (QED) is 0.660. The van der Waals surface area contributed by atoms with Gasteiger partial charge in [0, 0.05) is 11.6 Å². The second-order valence-electron chi connectivity index (χ2n) is 8.01. The third-order valence-electron chi connectivity index (χ3n) is 5.63. The van der Waals surface area contributed by atoms with E-state index < -0.39 is 0 Å². The average molecular weight is 415 g/mol. The molecule has 30 heavy (non-hydrogen) atoms. The van der Waals surface area contributed by atoms with Gasteiger partial charge in [-0.25, -0.2) is 4.98 Å². The number of ketones is 1. The van der Waals surface area contributed by atoms with Gasteiger partial charge in [0.25, 0.3) is 0 Å². The summed E-state index contributed by atoms with van der Waals surface area (Å²) < 4.78 is 16.3. The van der Waals surface area contributed by atoms with Gasteiger partial charge in [-0.05, 0) is 56.7 Å². The first-order chi connectivity index (χ1) is 14.4. The van der Waals surface area contributed by atoms with Gasteiger partial charge in [0.15, 0.2) is 11.5 Å². The number of nitrogens with one attached hydrogen (secondary N) is 1. The molecule has 2 aromatic rings. The number of methoxy groups -OCH3 is 2. The molecule has 1 heterocycles. The topological polar surface area (TPSA) is 90.7 Å². The standard InChI is InChI=1S/C23H30N2O5/c1-14-5-8-17(9-6-14)24-22(27)13-18(26)12-19-15(2)30-23(25-19)16-7-10-20(28-3)21(11-16)29-4/h7,10-11,14,17H,5-6,8-9,12-13H2,1-4H3,(H,24,27). The highest BCUT2D eigenvalue weighted by atomic mass is 16.5. The Morgan fingerprint density at radius 1 is 1.13 bits per heavy atom. The molecule has 1 amide bonds. The number of hydrogen-bond acceptors (Lipinski definition) is 6. The van der Waals surface area contributed by atoms with E-state index in [0.717, 1.165) is 37.2 Å². The Morgan fingerprint density at radius 3 is 2.50 bits per heavy atom.